The summed E-state index contributed by atoms with van der Waals surface area (Å²) < 4.78 is 2.27. The SMILES string of the molecule is O=C(Nc1c(Br)cccc1Br)c1ccc(Cl)cc1Br. The smallest absolute Gasteiger partial charge is 0.256 e. The Kier molecular flexibility index (Phi) is 5.06. The molecule has 2 aromatic carbocycles. The Morgan fingerprint density at radius 2 is 1.63 bits per heavy atom. The number of amides is 1. The Hall–Kier alpha value is -0.360. The quantitative estimate of drug-likeness (QED) is 0.586. The van der Waals surface area contributed by atoms with Gasteiger partial charge in [-0.25, -0.2) is 0 Å². The highest BCUT2D eigenvalue weighted by Gasteiger charge is 2.13. The van der Waals surface area contributed by atoms with Crippen molar-refractivity contribution in [3.8, 4) is 0 Å². The van der Waals surface area contributed by atoms with E-state index in [9.17, 15) is 4.79 Å². The molecule has 0 aliphatic rings. The first-order valence-electron chi connectivity index (χ1n) is 5.19. The van der Waals surface area contributed by atoms with Crippen LogP contribution in [-0.2, 0) is 0 Å². The highest BCUT2D eigenvalue weighted by molar-refractivity contribution is 9.11. The predicted molar refractivity (Wildman–Crippen MR) is 88.9 cm³/mol. The number of carbonyl (C=O) groups excluding carboxylic acids is 1. The molecule has 0 bridgehead atoms. The molecule has 0 radical (unpaired) electrons. The molecular formula is C13H7Br3ClNO. The Morgan fingerprint density at radius 3 is 2.21 bits per heavy atom. The zero-order chi connectivity index (χ0) is 14.0. The molecule has 98 valence electrons. The third-order valence-corrected chi connectivity index (χ3v) is 4.59. The highest BCUT2D eigenvalue weighted by atomic mass is 79.9. The van der Waals surface area contributed by atoms with Crippen LogP contribution in [0, 0.1) is 0 Å². The summed E-state index contributed by atoms with van der Waals surface area (Å²) in [5.41, 5.74) is 1.21. The van der Waals surface area contributed by atoms with Gasteiger partial charge in [0.1, 0.15) is 0 Å². The van der Waals surface area contributed by atoms with E-state index in [0.717, 1.165) is 8.95 Å². The van der Waals surface area contributed by atoms with Gasteiger partial charge in [0.15, 0.2) is 0 Å². The second-order valence-corrected chi connectivity index (χ2v) is 6.67. The van der Waals surface area contributed by atoms with Crippen LogP contribution in [0.5, 0.6) is 0 Å². The van der Waals surface area contributed by atoms with Gasteiger partial charge in [-0.2, -0.15) is 0 Å². The van der Waals surface area contributed by atoms with E-state index in [4.69, 9.17) is 11.6 Å². The van der Waals surface area contributed by atoms with Gasteiger partial charge in [-0.15, -0.1) is 0 Å². The number of carbonyl (C=O) groups is 1. The van der Waals surface area contributed by atoms with Crippen molar-refractivity contribution in [3.05, 3.63) is 60.4 Å². The predicted octanol–water partition coefficient (Wildman–Crippen LogP) is 5.88. The Balaban J connectivity index is 2.31. The number of hydrogen-bond donors (Lipinski definition) is 1. The number of para-hydroxylation sites is 1. The lowest BCUT2D eigenvalue weighted by Gasteiger charge is -2.10. The van der Waals surface area contributed by atoms with Gasteiger partial charge in [0.25, 0.3) is 5.91 Å². The maximum atomic E-state index is 12.2. The minimum absolute atomic E-state index is 0.212. The van der Waals surface area contributed by atoms with Crippen LogP contribution in [0.1, 0.15) is 10.4 Å². The van der Waals surface area contributed by atoms with Crippen molar-refractivity contribution in [1.29, 1.82) is 0 Å². The van der Waals surface area contributed by atoms with Crippen molar-refractivity contribution in [2.75, 3.05) is 5.32 Å². The average molecular weight is 468 g/mol. The number of nitrogens with one attached hydrogen (secondary N) is 1. The van der Waals surface area contributed by atoms with Crippen LogP contribution in [0.3, 0.4) is 0 Å². The molecule has 0 unspecified atom stereocenters. The molecule has 1 N–H and O–H groups in total. The van der Waals surface area contributed by atoms with Crippen molar-refractivity contribution in [1.82, 2.24) is 0 Å². The summed E-state index contributed by atoms with van der Waals surface area (Å²) in [7, 11) is 0. The van der Waals surface area contributed by atoms with Crippen LogP contribution in [-0.4, -0.2) is 5.91 Å². The maximum absolute atomic E-state index is 12.2. The van der Waals surface area contributed by atoms with Crippen LogP contribution >= 0.6 is 59.4 Å². The first-order chi connectivity index (χ1) is 8.99. The Morgan fingerprint density at radius 1 is 1.00 bits per heavy atom. The van der Waals surface area contributed by atoms with Crippen molar-refractivity contribution in [3.63, 3.8) is 0 Å². The van der Waals surface area contributed by atoms with Gasteiger partial charge in [0.05, 0.1) is 11.3 Å². The van der Waals surface area contributed by atoms with Crippen LogP contribution in [0.15, 0.2) is 49.8 Å². The van der Waals surface area contributed by atoms with E-state index in [-0.39, 0.29) is 5.91 Å². The molecule has 2 nitrogen and oxygen atoms in total. The van der Waals surface area contributed by atoms with Gasteiger partial charge >= 0.3 is 0 Å². The Bertz CT molecular complexity index is 626. The van der Waals surface area contributed by atoms with Crippen LogP contribution in [0.2, 0.25) is 5.02 Å². The summed E-state index contributed by atoms with van der Waals surface area (Å²) in [5.74, 6) is -0.212. The lowest BCUT2D eigenvalue weighted by atomic mass is 10.2. The molecule has 2 aromatic rings. The van der Waals surface area contributed by atoms with Gasteiger partial charge in [-0.1, -0.05) is 17.7 Å². The number of halogens is 4. The normalized spacial score (nSPS) is 10.3. The third kappa shape index (κ3) is 3.60. The molecule has 0 aromatic heterocycles. The first-order valence-corrected chi connectivity index (χ1v) is 7.95. The van der Waals surface area contributed by atoms with Crippen molar-refractivity contribution in [2.45, 2.75) is 0 Å². The fraction of sp³-hybridized carbons (Fsp3) is 0. The summed E-state index contributed by atoms with van der Waals surface area (Å²) in [5, 5.41) is 3.42. The number of benzene rings is 2. The molecule has 0 atom stereocenters. The molecule has 0 saturated carbocycles. The van der Waals surface area contributed by atoms with Crippen LogP contribution in [0.25, 0.3) is 0 Å². The molecule has 0 spiro atoms. The highest BCUT2D eigenvalue weighted by Crippen LogP contribution is 2.31. The summed E-state index contributed by atoms with van der Waals surface area (Å²) in [4.78, 5) is 12.2. The summed E-state index contributed by atoms with van der Waals surface area (Å²) in [6.07, 6.45) is 0. The standard InChI is InChI=1S/C13H7Br3ClNO/c14-9-2-1-3-10(15)12(9)18-13(19)8-5-4-7(17)6-11(8)16/h1-6H,(H,18,19). The maximum Gasteiger partial charge on any atom is 0.256 e. The molecule has 0 fully saturated rings. The van der Waals surface area contributed by atoms with Gasteiger partial charge in [-0.3, -0.25) is 4.79 Å². The van der Waals surface area contributed by atoms with Gasteiger partial charge < -0.3 is 5.32 Å². The lowest BCUT2D eigenvalue weighted by molar-refractivity contribution is 0.102. The fourth-order valence-electron chi connectivity index (χ4n) is 1.47. The molecule has 1 amide bonds. The average Bonchev–Trinajstić information content (AvgIpc) is 2.33. The van der Waals surface area contributed by atoms with Gasteiger partial charge in [0.2, 0.25) is 0 Å². The fourth-order valence-corrected chi connectivity index (χ4v) is 3.53. The van der Waals surface area contributed by atoms with E-state index in [2.05, 4.69) is 53.1 Å². The van der Waals surface area contributed by atoms with E-state index in [1.807, 2.05) is 18.2 Å². The van der Waals surface area contributed by atoms with Gasteiger partial charge in [0, 0.05) is 18.4 Å². The zero-order valence-electron chi connectivity index (χ0n) is 9.38. The minimum atomic E-state index is -0.212. The van der Waals surface area contributed by atoms with Crippen LogP contribution in [0.4, 0.5) is 5.69 Å². The lowest BCUT2D eigenvalue weighted by Crippen LogP contribution is -2.13. The summed E-state index contributed by atoms with van der Waals surface area (Å²) in [6, 6.07) is 10.6. The monoisotopic (exact) mass is 465 g/mol. The van der Waals surface area contributed by atoms with Crippen LogP contribution < -0.4 is 5.32 Å². The molecule has 0 heterocycles. The molecular weight excluding hydrogens is 461 g/mol. The molecule has 0 aliphatic heterocycles. The number of rotatable bonds is 2. The largest absolute Gasteiger partial charge is 0.320 e. The number of hydrogen-bond acceptors (Lipinski definition) is 1. The van der Waals surface area contributed by atoms with E-state index in [0.29, 0.717) is 20.7 Å². The van der Waals surface area contributed by atoms with Crippen molar-refractivity contribution < 1.29 is 4.79 Å². The topological polar surface area (TPSA) is 29.1 Å². The second kappa shape index (κ2) is 6.39. The minimum Gasteiger partial charge on any atom is -0.320 e. The number of anilines is 1. The van der Waals surface area contributed by atoms with E-state index < -0.39 is 0 Å². The summed E-state index contributed by atoms with van der Waals surface area (Å²) >= 11 is 16.0. The molecule has 19 heavy (non-hydrogen) atoms. The van der Waals surface area contributed by atoms with Crippen molar-refractivity contribution in [2.24, 2.45) is 0 Å². The molecule has 2 rings (SSSR count). The molecule has 0 aliphatic carbocycles. The third-order valence-electron chi connectivity index (χ3n) is 2.38. The second-order valence-electron chi connectivity index (χ2n) is 3.67. The first kappa shape index (κ1) is 15.0. The van der Waals surface area contributed by atoms with Crippen molar-refractivity contribution >= 4 is 71.0 Å². The van der Waals surface area contributed by atoms with Gasteiger partial charge in [-0.05, 0) is 78.1 Å². The Labute approximate surface area is 140 Å². The molecule has 6 heteroatoms. The van der Waals surface area contributed by atoms with E-state index in [1.165, 1.54) is 0 Å². The molecule has 0 saturated heterocycles. The van der Waals surface area contributed by atoms with E-state index >= 15 is 0 Å². The summed E-state index contributed by atoms with van der Waals surface area (Å²) in [6.45, 7) is 0. The zero-order valence-corrected chi connectivity index (χ0v) is 14.9. The van der Waals surface area contributed by atoms with E-state index in [1.54, 1.807) is 18.2 Å².